The normalized spacial score (nSPS) is 10.9. The molecule has 0 aliphatic rings. The van der Waals surface area contributed by atoms with Gasteiger partial charge in [-0.3, -0.25) is 0 Å². The van der Waals surface area contributed by atoms with Gasteiger partial charge in [-0.2, -0.15) is 11.8 Å². The molecular formula is C19H27IN4OS. The van der Waals surface area contributed by atoms with Gasteiger partial charge < -0.3 is 15.1 Å². The van der Waals surface area contributed by atoms with Gasteiger partial charge in [0.25, 0.3) is 0 Å². The van der Waals surface area contributed by atoms with Gasteiger partial charge in [0.2, 0.25) is 5.89 Å². The van der Waals surface area contributed by atoms with Gasteiger partial charge in [-0.25, -0.2) is 9.98 Å². The number of hydrogen-bond donors (Lipinski definition) is 2. The Morgan fingerprint density at radius 1 is 1.31 bits per heavy atom. The molecule has 0 aliphatic heterocycles. The van der Waals surface area contributed by atoms with E-state index < -0.39 is 0 Å². The second kappa shape index (κ2) is 12.8. The highest BCUT2D eigenvalue weighted by Gasteiger charge is 2.06. The summed E-state index contributed by atoms with van der Waals surface area (Å²) in [7, 11) is 0. The maximum Gasteiger partial charge on any atom is 0.226 e. The average Bonchev–Trinajstić information content (AvgIpc) is 3.09. The molecule has 0 amide bonds. The number of guanidine groups is 1. The molecule has 0 bridgehead atoms. The minimum Gasteiger partial charge on any atom is -0.444 e. The van der Waals surface area contributed by atoms with Crippen LogP contribution < -0.4 is 10.6 Å². The fourth-order valence-electron chi connectivity index (χ4n) is 2.12. The van der Waals surface area contributed by atoms with Crippen molar-refractivity contribution >= 4 is 41.7 Å². The molecule has 2 aromatic rings. The van der Waals surface area contributed by atoms with E-state index in [0.717, 1.165) is 41.8 Å². The van der Waals surface area contributed by atoms with E-state index in [1.165, 1.54) is 5.56 Å². The molecule has 0 atom stereocenters. The first-order valence-corrected chi connectivity index (χ1v) is 9.60. The summed E-state index contributed by atoms with van der Waals surface area (Å²) in [6, 6.07) is 8.13. The summed E-state index contributed by atoms with van der Waals surface area (Å²) in [5.74, 6) is 3.40. The van der Waals surface area contributed by atoms with Gasteiger partial charge in [0.1, 0.15) is 12.0 Å². The number of oxazole rings is 1. The molecule has 1 heterocycles. The van der Waals surface area contributed by atoms with Crippen LogP contribution in [0.15, 0.2) is 52.6 Å². The van der Waals surface area contributed by atoms with Crippen molar-refractivity contribution in [2.75, 3.05) is 24.6 Å². The molecule has 1 aromatic carbocycles. The summed E-state index contributed by atoms with van der Waals surface area (Å²) in [6.45, 7) is 9.99. The topological polar surface area (TPSA) is 62.5 Å². The second-order valence-electron chi connectivity index (χ2n) is 5.50. The first-order valence-electron chi connectivity index (χ1n) is 8.45. The minimum atomic E-state index is 0. The number of halogens is 1. The standard InChI is InChI=1S/C19H26N4OS.HI/c1-4-11-25-12-10-21-19(20-5-2)22-13-17-14-24-18(23-17)16-8-6-15(3)7-9-16;/h4,6-9,14H,1,5,10-13H2,2-3H3,(H2,20,21,22);1H. The number of nitrogens with one attached hydrogen (secondary N) is 2. The van der Waals surface area contributed by atoms with Crippen molar-refractivity contribution < 1.29 is 4.42 Å². The van der Waals surface area contributed by atoms with Crippen molar-refractivity contribution in [1.29, 1.82) is 0 Å². The Balaban J connectivity index is 0.00000338. The molecule has 0 radical (unpaired) electrons. The average molecular weight is 486 g/mol. The SMILES string of the molecule is C=CCSCCNC(=NCc1coc(-c2ccc(C)cc2)n1)NCC.I. The predicted molar refractivity (Wildman–Crippen MR) is 122 cm³/mol. The largest absolute Gasteiger partial charge is 0.444 e. The second-order valence-corrected chi connectivity index (χ2v) is 6.65. The summed E-state index contributed by atoms with van der Waals surface area (Å²) in [6.07, 6.45) is 3.59. The molecule has 0 spiro atoms. The molecule has 1 aromatic heterocycles. The fourth-order valence-corrected chi connectivity index (χ4v) is 2.70. The van der Waals surface area contributed by atoms with Crippen molar-refractivity contribution in [3.63, 3.8) is 0 Å². The summed E-state index contributed by atoms with van der Waals surface area (Å²) < 4.78 is 5.57. The van der Waals surface area contributed by atoms with Gasteiger partial charge in [-0.1, -0.05) is 23.8 Å². The van der Waals surface area contributed by atoms with Crippen LogP contribution in [0.3, 0.4) is 0 Å². The number of thioether (sulfide) groups is 1. The Morgan fingerprint density at radius 2 is 2.08 bits per heavy atom. The van der Waals surface area contributed by atoms with Crippen LogP contribution in [0.2, 0.25) is 0 Å². The van der Waals surface area contributed by atoms with Gasteiger partial charge in [0.15, 0.2) is 5.96 Å². The van der Waals surface area contributed by atoms with Crippen LogP contribution >= 0.6 is 35.7 Å². The summed E-state index contributed by atoms with van der Waals surface area (Å²) in [5.41, 5.74) is 3.01. The Kier molecular flexibility index (Phi) is 11.1. The zero-order valence-corrected chi connectivity index (χ0v) is 18.5. The molecule has 0 aliphatic carbocycles. The maximum absolute atomic E-state index is 5.57. The lowest BCUT2D eigenvalue weighted by Crippen LogP contribution is -2.38. The van der Waals surface area contributed by atoms with E-state index in [4.69, 9.17) is 4.42 Å². The molecule has 142 valence electrons. The molecule has 0 unspecified atom stereocenters. The lowest BCUT2D eigenvalue weighted by molar-refractivity contribution is 0.572. The third kappa shape index (κ3) is 7.82. The highest BCUT2D eigenvalue weighted by atomic mass is 127. The number of aromatic nitrogens is 1. The van der Waals surface area contributed by atoms with Gasteiger partial charge in [-0.15, -0.1) is 30.6 Å². The van der Waals surface area contributed by atoms with E-state index >= 15 is 0 Å². The molecule has 2 N–H and O–H groups in total. The molecule has 5 nitrogen and oxygen atoms in total. The summed E-state index contributed by atoms with van der Waals surface area (Å²) >= 11 is 1.84. The van der Waals surface area contributed by atoms with Crippen molar-refractivity contribution in [3.05, 3.63) is 54.4 Å². The van der Waals surface area contributed by atoms with E-state index in [9.17, 15) is 0 Å². The van der Waals surface area contributed by atoms with Crippen molar-refractivity contribution in [2.24, 2.45) is 4.99 Å². The van der Waals surface area contributed by atoms with E-state index in [-0.39, 0.29) is 24.0 Å². The van der Waals surface area contributed by atoms with Crippen molar-refractivity contribution in [1.82, 2.24) is 15.6 Å². The lowest BCUT2D eigenvalue weighted by atomic mass is 10.1. The van der Waals surface area contributed by atoms with Crippen LogP contribution in [0.1, 0.15) is 18.2 Å². The highest BCUT2D eigenvalue weighted by Crippen LogP contribution is 2.19. The number of aryl methyl sites for hydroxylation is 1. The lowest BCUT2D eigenvalue weighted by Gasteiger charge is -2.10. The molecular weight excluding hydrogens is 459 g/mol. The molecule has 0 saturated heterocycles. The zero-order valence-electron chi connectivity index (χ0n) is 15.3. The van der Waals surface area contributed by atoms with Crippen LogP contribution in [-0.4, -0.2) is 35.5 Å². The van der Waals surface area contributed by atoms with Crippen LogP contribution in [0, 0.1) is 6.92 Å². The predicted octanol–water partition coefficient (Wildman–Crippen LogP) is 4.24. The summed E-state index contributed by atoms with van der Waals surface area (Å²) in [5, 5.41) is 6.56. The van der Waals surface area contributed by atoms with Crippen molar-refractivity contribution in [2.45, 2.75) is 20.4 Å². The maximum atomic E-state index is 5.57. The number of hydrogen-bond acceptors (Lipinski definition) is 4. The Bertz CT molecular complexity index is 685. The fraction of sp³-hybridized carbons (Fsp3) is 0.368. The third-order valence-electron chi connectivity index (χ3n) is 3.37. The number of aliphatic imine (C=N–C) groups is 1. The monoisotopic (exact) mass is 486 g/mol. The van der Waals surface area contributed by atoms with E-state index in [0.29, 0.717) is 12.4 Å². The zero-order chi connectivity index (χ0) is 17.9. The number of rotatable bonds is 9. The Labute approximate surface area is 177 Å². The highest BCUT2D eigenvalue weighted by molar-refractivity contribution is 14.0. The summed E-state index contributed by atoms with van der Waals surface area (Å²) in [4.78, 5) is 9.08. The molecule has 0 fully saturated rings. The van der Waals surface area contributed by atoms with E-state index in [1.54, 1.807) is 6.26 Å². The quantitative estimate of drug-likeness (QED) is 0.183. The van der Waals surface area contributed by atoms with Crippen LogP contribution in [0.4, 0.5) is 0 Å². The minimum absolute atomic E-state index is 0. The van der Waals surface area contributed by atoms with E-state index in [2.05, 4.69) is 53.2 Å². The Hall–Kier alpha value is -1.48. The number of nitrogens with zero attached hydrogens (tertiary/aromatic N) is 2. The first kappa shape index (κ1) is 22.6. The molecule has 0 saturated carbocycles. The van der Waals surface area contributed by atoms with E-state index in [1.807, 2.05) is 30.0 Å². The van der Waals surface area contributed by atoms with Crippen LogP contribution in [0.5, 0.6) is 0 Å². The number of benzene rings is 1. The molecule has 7 heteroatoms. The molecule has 26 heavy (non-hydrogen) atoms. The van der Waals surface area contributed by atoms with Gasteiger partial charge >= 0.3 is 0 Å². The third-order valence-corrected chi connectivity index (χ3v) is 4.33. The molecule has 2 rings (SSSR count). The van der Waals surface area contributed by atoms with Gasteiger partial charge in [0, 0.05) is 30.2 Å². The van der Waals surface area contributed by atoms with Crippen molar-refractivity contribution in [3.8, 4) is 11.5 Å². The smallest absolute Gasteiger partial charge is 0.226 e. The van der Waals surface area contributed by atoms with Crippen LogP contribution in [-0.2, 0) is 6.54 Å². The van der Waals surface area contributed by atoms with Crippen LogP contribution in [0.25, 0.3) is 11.5 Å². The van der Waals surface area contributed by atoms with Gasteiger partial charge in [-0.05, 0) is 26.0 Å². The van der Waals surface area contributed by atoms with Gasteiger partial charge in [0.05, 0.1) is 6.54 Å². The first-order chi connectivity index (χ1) is 12.2. The Morgan fingerprint density at radius 3 is 2.77 bits per heavy atom.